The Bertz CT molecular complexity index is 1510. The van der Waals surface area contributed by atoms with Gasteiger partial charge in [-0.1, -0.05) is 34.5 Å². The van der Waals surface area contributed by atoms with E-state index < -0.39 is 47.9 Å². The molecule has 2 aliphatic rings. The van der Waals surface area contributed by atoms with Gasteiger partial charge in [0.25, 0.3) is 17.7 Å². The molecule has 1 saturated carbocycles. The van der Waals surface area contributed by atoms with E-state index in [9.17, 15) is 24.0 Å². The number of rotatable bonds is 7. The van der Waals surface area contributed by atoms with Crippen molar-refractivity contribution in [2.24, 2.45) is 17.8 Å². The predicted octanol–water partition coefficient (Wildman–Crippen LogP) is 5.98. The maximum atomic E-state index is 13.6. The molecule has 0 aromatic heterocycles. The van der Waals surface area contributed by atoms with Crippen LogP contribution in [0.3, 0.4) is 0 Å². The molecule has 0 radical (unpaired) electrons. The summed E-state index contributed by atoms with van der Waals surface area (Å²) in [6.07, 6.45) is 1.93. The van der Waals surface area contributed by atoms with E-state index in [2.05, 4.69) is 15.9 Å². The number of nitrogens with zero attached hydrogens (tertiary/aromatic N) is 2. The number of ether oxygens (including phenoxy) is 1. The Morgan fingerprint density at radius 1 is 0.854 bits per heavy atom. The number of halogens is 2. The standard InChI is InChI=1S/C31H26BrClN2O6/c1-18-2-15-25-26(16-18)30(39)35(29(25)38)34(28(37)20-5-11-23(33)12-6-20)17-27(36)19-7-13-24(14-8-19)41-31(40)21-3-9-22(32)10-4-21/h3-14,18,25-26H,2,15-17H2,1H3/t18-,25-,26+/m1/s1. The Hall–Kier alpha value is -3.82. The van der Waals surface area contributed by atoms with Gasteiger partial charge in [0.2, 0.25) is 0 Å². The lowest BCUT2D eigenvalue weighted by Gasteiger charge is -2.30. The number of carbonyl (C=O) groups is 5. The van der Waals surface area contributed by atoms with Crippen LogP contribution in [-0.2, 0) is 9.59 Å². The molecular formula is C31H26BrClN2O6. The van der Waals surface area contributed by atoms with Crippen LogP contribution in [0.2, 0.25) is 5.02 Å². The van der Waals surface area contributed by atoms with E-state index in [0.29, 0.717) is 23.4 Å². The zero-order valence-corrected chi connectivity index (χ0v) is 24.4. The smallest absolute Gasteiger partial charge is 0.343 e. The Labute approximate surface area is 250 Å². The number of carbonyl (C=O) groups excluding carboxylic acids is 5. The zero-order valence-electron chi connectivity index (χ0n) is 22.1. The topological polar surface area (TPSA) is 101 Å². The SMILES string of the molecule is C[C@@H]1CC[C@H]2C(=O)N(N(CC(=O)c3ccc(OC(=O)c4ccc(Br)cc4)cc3)C(=O)c3ccc(Cl)cc3)C(=O)[C@H]2C1. The quantitative estimate of drug-likeness (QED) is 0.137. The molecule has 1 saturated heterocycles. The van der Waals surface area contributed by atoms with Gasteiger partial charge in [-0.3, -0.25) is 19.2 Å². The van der Waals surface area contributed by atoms with E-state index >= 15 is 0 Å². The number of hydrogen-bond acceptors (Lipinski definition) is 6. The Kier molecular flexibility index (Phi) is 8.37. The van der Waals surface area contributed by atoms with Gasteiger partial charge in [0, 0.05) is 20.6 Å². The monoisotopic (exact) mass is 636 g/mol. The van der Waals surface area contributed by atoms with Crippen LogP contribution in [0.5, 0.6) is 5.75 Å². The van der Waals surface area contributed by atoms with Crippen molar-refractivity contribution in [2.45, 2.75) is 26.2 Å². The minimum atomic E-state index is -0.663. The molecule has 3 amide bonds. The first kappa shape index (κ1) is 28.7. The van der Waals surface area contributed by atoms with Crippen molar-refractivity contribution >= 4 is 57.0 Å². The van der Waals surface area contributed by atoms with Crippen molar-refractivity contribution in [2.75, 3.05) is 6.54 Å². The fraction of sp³-hybridized carbons (Fsp3) is 0.258. The third-order valence-electron chi connectivity index (χ3n) is 7.49. The molecule has 0 unspecified atom stereocenters. The summed E-state index contributed by atoms with van der Waals surface area (Å²) in [5, 5.41) is 2.23. The van der Waals surface area contributed by atoms with Gasteiger partial charge in [0.05, 0.1) is 17.4 Å². The van der Waals surface area contributed by atoms with Gasteiger partial charge in [0.15, 0.2) is 5.78 Å². The van der Waals surface area contributed by atoms with Crippen molar-refractivity contribution in [1.29, 1.82) is 0 Å². The molecule has 0 bridgehead atoms. The minimum absolute atomic E-state index is 0.182. The number of hydrazine groups is 1. The van der Waals surface area contributed by atoms with Crippen molar-refractivity contribution < 1.29 is 28.7 Å². The van der Waals surface area contributed by atoms with Gasteiger partial charge in [-0.2, -0.15) is 5.01 Å². The highest BCUT2D eigenvalue weighted by Gasteiger charge is 2.52. The predicted molar refractivity (Wildman–Crippen MR) is 154 cm³/mol. The fourth-order valence-electron chi connectivity index (χ4n) is 5.27. The number of imide groups is 1. The summed E-state index contributed by atoms with van der Waals surface area (Å²) in [6, 6.07) is 18.6. The minimum Gasteiger partial charge on any atom is -0.423 e. The largest absolute Gasteiger partial charge is 0.423 e. The molecule has 5 rings (SSSR count). The van der Waals surface area contributed by atoms with E-state index in [0.717, 1.165) is 20.9 Å². The molecular weight excluding hydrogens is 612 g/mol. The summed E-state index contributed by atoms with van der Waals surface area (Å²) < 4.78 is 6.22. The number of hydrogen-bond donors (Lipinski definition) is 0. The molecule has 210 valence electrons. The Morgan fingerprint density at radius 2 is 1.44 bits per heavy atom. The first-order valence-corrected chi connectivity index (χ1v) is 14.4. The van der Waals surface area contributed by atoms with Crippen molar-refractivity contribution in [3.05, 3.63) is 99.0 Å². The second-order valence-electron chi connectivity index (χ2n) is 10.3. The molecule has 1 heterocycles. The molecule has 0 N–H and O–H groups in total. The lowest BCUT2D eigenvalue weighted by atomic mass is 9.76. The van der Waals surface area contributed by atoms with E-state index in [1.54, 1.807) is 24.3 Å². The van der Waals surface area contributed by atoms with Crippen LogP contribution in [0.1, 0.15) is 57.3 Å². The van der Waals surface area contributed by atoms with Crippen molar-refractivity contribution in [3.8, 4) is 5.75 Å². The first-order chi connectivity index (χ1) is 19.6. The van der Waals surface area contributed by atoms with Crippen LogP contribution >= 0.6 is 27.5 Å². The lowest BCUT2D eigenvalue weighted by molar-refractivity contribution is -0.154. The molecule has 41 heavy (non-hydrogen) atoms. The molecule has 3 atom stereocenters. The van der Waals surface area contributed by atoms with E-state index in [1.807, 2.05) is 6.92 Å². The van der Waals surface area contributed by atoms with Crippen LogP contribution in [0.25, 0.3) is 0 Å². The summed E-state index contributed by atoms with van der Waals surface area (Å²) in [5.41, 5.74) is 0.758. The summed E-state index contributed by atoms with van der Waals surface area (Å²) in [5.74, 6) is -3.15. The molecule has 1 aliphatic heterocycles. The third-order valence-corrected chi connectivity index (χ3v) is 8.27. The average Bonchev–Trinajstić information content (AvgIpc) is 3.20. The normalized spacial score (nSPS) is 20.0. The lowest BCUT2D eigenvalue weighted by Crippen LogP contribution is -2.52. The number of fused-ring (bicyclic) bond motifs is 1. The third kappa shape index (κ3) is 6.11. The van der Waals surface area contributed by atoms with E-state index in [1.165, 1.54) is 48.5 Å². The Balaban J connectivity index is 1.37. The highest BCUT2D eigenvalue weighted by molar-refractivity contribution is 9.10. The summed E-state index contributed by atoms with van der Waals surface area (Å²) >= 11 is 9.30. The second kappa shape index (κ2) is 12.0. The molecule has 8 nitrogen and oxygen atoms in total. The maximum absolute atomic E-state index is 13.6. The van der Waals surface area contributed by atoms with Gasteiger partial charge < -0.3 is 4.74 Å². The fourth-order valence-corrected chi connectivity index (χ4v) is 5.66. The molecule has 3 aromatic rings. The highest BCUT2D eigenvalue weighted by Crippen LogP contribution is 2.41. The molecule has 1 aliphatic carbocycles. The van der Waals surface area contributed by atoms with Gasteiger partial charge in [0.1, 0.15) is 12.3 Å². The number of amides is 3. The van der Waals surface area contributed by atoms with Crippen LogP contribution in [0.15, 0.2) is 77.3 Å². The summed E-state index contributed by atoms with van der Waals surface area (Å²) in [7, 11) is 0. The average molecular weight is 638 g/mol. The van der Waals surface area contributed by atoms with Crippen LogP contribution < -0.4 is 4.74 Å². The Morgan fingerprint density at radius 3 is 2.10 bits per heavy atom. The van der Waals surface area contributed by atoms with Gasteiger partial charge in [-0.25, -0.2) is 9.80 Å². The summed E-state index contributed by atoms with van der Waals surface area (Å²) in [4.78, 5) is 66.3. The first-order valence-electron chi connectivity index (χ1n) is 13.2. The zero-order chi connectivity index (χ0) is 29.3. The van der Waals surface area contributed by atoms with Crippen LogP contribution in [-0.4, -0.2) is 46.0 Å². The molecule has 0 spiro atoms. The van der Waals surface area contributed by atoms with Crippen LogP contribution in [0, 0.1) is 17.8 Å². The van der Waals surface area contributed by atoms with Gasteiger partial charge >= 0.3 is 5.97 Å². The summed E-state index contributed by atoms with van der Waals surface area (Å²) in [6.45, 7) is 1.50. The van der Waals surface area contributed by atoms with Gasteiger partial charge in [-0.05, 0) is 98.0 Å². The van der Waals surface area contributed by atoms with Crippen LogP contribution in [0.4, 0.5) is 0 Å². The van der Waals surface area contributed by atoms with Crippen molar-refractivity contribution in [3.63, 3.8) is 0 Å². The second-order valence-corrected chi connectivity index (χ2v) is 11.7. The molecule has 10 heteroatoms. The molecule has 2 fully saturated rings. The van der Waals surface area contributed by atoms with E-state index in [4.69, 9.17) is 16.3 Å². The van der Waals surface area contributed by atoms with Gasteiger partial charge in [-0.15, -0.1) is 0 Å². The van der Waals surface area contributed by atoms with Crippen molar-refractivity contribution in [1.82, 2.24) is 10.0 Å². The molecule has 3 aromatic carbocycles. The maximum Gasteiger partial charge on any atom is 0.343 e. The number of Topliss-reactive ketones (excluding diaryl/α,β-unsaturated/α-hetero) is 1. The number of ketones is 1. The highest BCUT2D eigenvalue weighted by atomic mass is 79.9. The number of benzene rings is 3. The number of esters is 1. The van der Waals surface area contributed by atoms with E-state index in [-0.39, 0.29) is 22.8 Å².